The molecule has 0 aromatic carbocycles. The number of hydrogen-bond donors (Lipinski definition) is 1. The molecular weight excluding hydrogens is 186 g/mol. The highest BCUT2D eigenvalue weighted by Gasteiger charge is 2.19. The summed E-state index contributed by atoms with van der Waals surface area (Å²) >= 11 is 0. The lowest BCUT2D eigenvalue weighted by molar-refractivity contribution is 0.398. The maximum Gasteiger partial charge on any atom is 0.148 e. The van der Waals surface area contributed by atoms with Crippen molar-refractivity contribution in [1.29, 1.82) is 0 Å². The molecule has 0 saturated heterocycles. The highest BCUT2D eigenvalue weighted by molar-refractivity contribution is 7.90. The summed E-state index contributed by atoms with van der Waals surface area (Å²) in [5.41, 5.74) is 0. The van der Waals surface area contributed by atoms with Crippen molar-refractivity contribution in [2.45, 2.75) is 33.2 Å². The number of sulfone groups is 1. The second-order valence-electron chi connectivity index (χ2n) is 3.64. The van der Waals surface area contributed by atoms with Crippen molar-refractivity contribution in [2.75, 3.05) is 18.6 Å². The van der Waals surface area contributed by atoms with Gasteiger partial charge >= 0.3 is 0 Å². The van der Waals surface area contributed by atoms with Gasteiger partial charge in [0.2, 0.25) is 0 Å². The van der Waals surface area contributed by atoms with Crippen molar-refractivity contribution in [3.8, 4) is 0 Å². The fourth-order valence-electron chi connectivity index (χ4n) is 1.30. The Hall–Kier alpha value is -0.0900. The van der Waals surface area contributed by atoms with E-state index >= 15 is 0 Å². The summed E-state index contributed by atoms with van der Waals surface area (Å²) in [7, 11) is -2.86. The van der Waals surface area contributed by atoms with Crippen LogP contribution in [0.4, 0.5) is 0 Å². The van der Waals surface area contributed by atoms with E-state index in [1.165, 1.54) is 6.26 Å². The molecule has 0 saturated carbocycles. The predicted molar refractivity (Wildman–Crippen MR) is 56.6 cm³/mol. The van der Waals surface area contributed by atoms with Crippen molar-refractivity contribution in [3.05, 3.63) is 0 Å². The van der Waals surface area contributed by atoms with Crippen LogP contribution < -0.4 is 5.32 Å². The fourth-order valence-corrected chi connectivity index (χ4v) is 2.40. The zero-order valence-corrected chi connectivity index (χ0v) is 9.82. The van der Waals surface area contributed by atoms with E-state index in [9.17, 15) is 8.42 Å². The predicted octanol–water partition coefficient (Wildman–Crippen LogP) is 1.06. The molecule has 0 spiro atoms. The lowest BCUT2D eigenvalue weighted by Gasteiger charge is -2.22. The Bertz CT molecular complexity index is 224. The fraction of sp³-hybridized carbons (Fsp3) is 1.00. The standard InChI is InChI=1S/C9H21NO2S/c1-5-8(3)9(10-6-2)7-13(4,11)12/h8-10H,5-7H2,1-4H3. The Balaban J connectivity index is 4.25. The van der Waals surface area contributed by atoms with Gasteiger partial charge in [0.25, 0.3) is 0 Å². The van der Waals surface area contributed by atoms with Gasteiger partial charge in [-0.1, -0.05) is 27.2 Å². The summed E-state index contributed by atoms with van der Waals surface area (Å²) < 4.78 is 22.2. The second-order valence-corrected chi connectivity index (χ2v) is 5.83. The van der Waals surface area contributed by atoms with Crippen LogP contribution in [-0.4, -0.2) is 33.0 Å². The van der Waals surface area contributed by atoms with Gasteiger partial charge in [0.1, 0.15) is 9.84 Å². The Labute approximate surface area is 81.8 Å². The maximum atomic E-state index is 11.1. The van der Waals surface area contributed by atoms with Crippen molar-refractivity contribution < 1.29 is 8.42 Å². The molecule has 1 N–H and O–H groups in total. The van der Waals surface area contributed by atoms with Gasteiger partial charge in [-0.3, -0.25) is 0 Å². The topological polar surface area (TPSA) is 46.2 Å². The van der Waals surface area contributed by atoms with E-state index in [1.807, 2.05) is 6.92 Å². The summed E-state index contributed by atoms with van der Waals surface area (Å²) in [5, 5.41) is 3.21. The molecule has 80 valence electrons. The summed E-state index contributed by atoms with van der Waals surface area (Å²) in [6.45, 7) is 6.98. The molecule has 13 heavy (non-hydrogen) atoms. The van der Waals surface area contributed by atoms with Crippen LogP contribution in [-0.2, 0) is 9.84 Å². The zero-order valence-electron chi connectivity index (χ0n) is 9.00. The molecule has 0 fully saturated rings. The SMILES string of the molecule is CCNC(CS(C)(=O)=O)C(C)CC. The van der Waals surface area contributed by atoms with Gasteiger partial charge in [-0.05, 0) is 12.5 Å². The average molecular weight is 207 g/mol. The third kappa shape index (κ3) is 6.05. The quantitative estimate of drug-likeness (QED) is 0.708. The van der Waals surface area contributed by atoms with Crippen molar-refractivity contribution in [1.82, 2.24) is 5.32 Å². The smallest absolute Gasteiger partial charge is 0.148 e. The molecule has 0 radical (unpaired) electrons. The molecule has 0 heterocycles. The molecular formula is C9H21NO2S. The van der Waals surface area contributed by atoms with Crippen molar-refractivity contribution >= 4 is 9.84 Å². The largest absolute Gasteiger partial charge is 0.313 e. The van der Waals surface area contributed by atoms with Crippen LogP contribution >= 0.6 is 0 Å². The molecule has 0 aliphatic carbocycles. The van der Waals surface area contributed by atoms with Crippen LogP contribution in [0.15, 0.2) is 0 Å². The van der Waals surface area contributed by atoms with E-state index < -0.39 is 9.84 Å². The Morgan fingerprint density at radius 2 is 1.85 bits per heavy atom. The highest BCUT2D eigenvalue weighted by Crippen LogP contribution is 2.09. The van der Waals surface area contributed by atoms with Gasteiger partial charge in [-0.2, -0.15) is 0 Å². The summed E-state index contributed by atoms with van der Waals surface area (Å²) in [6, 6.07) is 0.102. The third-order valence-electron chi connectivity index (χ3n) is 2.28. The first-order valence-electron chi connectivity index (χ1n) is 4.81. The minimum Gasteiger partial charge on any atom is -0.313 e. The average Bonchev–Trinajstić information content (AvgIpc) is 2.00. The van der Waals surface area contributed by atoms with Crippen LogP contribution in [0.1, 0.15) is 27.2 Å². The first-order valence-corrected chi connectivity index (χ1v) is 6.87. The first kappa shape index (κ1) is 12.9. The van der Waals surface area contributed by atoms with Crippen molar-refractivity contribution in [3.63, 3.8) is 0 Å². The molecule has 0 bridgehead atoms. The molecule has 3 nitrogen and oxygen atoms in total. The van der Waals surface area contributed by atoms with E-state index in [0.29, 0.717) is 5.92 Å². The molecule has 0 aromatic heterocycles. The molecule has 0 aromatic rings. The molecule has 2 atom stereocenters. The zero-order chi connectivity index (χ0) is 10.5. The van der Waals surface area contributed by atoms with E-state index in [4.69, 9.17) is 0 Å². The molecule has 0 rings (SSSR count). The Morgan fingerprint density at radius 3 is 2.15 bits per heavy atom. The van der Waals surface area contributed by atoms with Crippen LogP contribution in [0.2, 0.25) is 0 Å². The number of rotatable bonds is 6. The molecule has 4 heteroatoms. The Morgan fingerprint density at radius 1 is 1.31 bits per heavy atom. The van der Waals surface area contributed by atoms with Crippen LogP contribution in [0.25, 0.3) is 0 Å². The van der Waals surface area contributed by atoms with Gasteiger partial charge in [0.05, 0.1) is 5.75 Å². The highest BCUT2D eigenvalue weighted by atomic mass is 32.2. The lowest BCUT2D eigenvalue weighted by atomic mass is 10.0. The van der Waals surface area contributed by atoms with Gasteiger partial charge in [0.15, 0.2) is 0 Å². The van der Waals surface area contributed by atoms with E-state index in [0.717, 1.165) is 13.0 Å². The first-order chi connectivity index (χ1) is 5.90. The molecule has 0 aliphatic rings. The number of hydrogen-bond acceptors (Lipinski definition) is 3. The normalized spacial score (nSPS) is 16.9. The van der Waals surface area contributed by atoms with Crippen LogP contribution in [0, 0.1) is 5.92 Å². The van der Waals surface area contributed by atoms with Crippen LogP contribution in [0.5, 0.6) is 0 Å². The molecule has 2 unspecified atom stereocenters. The minimum atomic E-state index is -2.86. The van der Waals surface area contributed by atoms with E-state index in [-0.39, 0.29) is 11.8 Å². The second kappa shape index (κ2) is 5.60. The van der Waals surface area contributed by atoms with Gasteiger partial charge in [0, 0.05) is 12.3 Å². The van der Waals surface area contributed by atoms with E-state index in [2.05, 4.69) is 19.2 Å². The molecule has 0 aliphatic heterocycles. The number of nitrogens with one attached hydrogen (secondary N) is 1. The summed E-state index contributed by atoms with van der Waals surface area (Å²) in [4.78, 5) is 0. The monoisotopic (exact) mass is 207 g/mol. The van der Waals surface area contributed by atoms with Crippen molar-refractivity contribution in [2.24, 2.45) is 5.92 Å². The molecule has 0 amide bonds. The maximum absolute atomic E-state index is 11.1. The van der Waals surface area contributed by atoms with Gasteiger partial charge < -0.3 is 5.32 Å². The Kier molecular flexibility index (Phi) is 5.56. The summed E-state index contributed by atoms with van der Waals surface area (Å²) in [6.07, 6.45) is 2.30. The van der Waals surface area contributed by atoms with E-state index in [1.54, 1.807) is 0 Å². The van der Waals surface area contributed by atoms with Crippen LogP contribution in [0.3, 0.4) is 0 Å². The third-order valence-corrected chi connectivity index (χ3v) is 3.24. The van der Waals surface area contributed by atoms with Gasteiger partial charge in [-0.25, -0.2) is 8.42 Å². The lowest BCUT2D eigenvalue weighted by Crippen LogP contribution is -2.40. The minimum absolute atomic E-state index is 0.102. The summed E-state index contributed by atoms with van der Waals surface area (Å²) in [5.74, 6) is 0.658. The van der Waals surface area contributed by atoms with Gasteiger partial charge in [-0.15, -0.1) is 0 Å².